The molecular formula is C42H44ClN2O6S2+. The van der Waals surface area contributed by atoms with Gasteiger partial charge in [-0.2, -0.15) is 8.42 Å². The van der Waals surface area contributed by atoms with Gasteiger partial charge in [0.2, 0.25) is 5.69 Å². The first-order valence-electron chi connectivity index (χ1n) is 17.7. The summed E-state index contributed by atoms with van der Waals surface area (Å²) < 4.78 is 40.1. The molecule has 1 aliphatic carbocycles. The van der Waals surface area contributed by atoms with Crippen molar-refractivity contribution in [1.29, 1.82) is 0 Å². The smallest absolute Gasteiger partial charge is 0.294 e. The third kappa shape index (κ3) is 6.69. The number of benzene rings is 4. The van der Waals surface area contributed by atoms with Gasteiger partial charge in [0, 0.05) is 46.1 Å². The Balaban J connectivity index is 1.09. The molecule has 0 bridgehead atoms. The molecule has 0 amide bonds. The van der Waals surface area contributed by atoms with Crippen molar-refractivity contribution in [2.45, 2.75) is 80.0 Å². The second kappa shape index (κ2) is 14.2. The maximum atomic E-state index is 11.8. The summed E-state index contributed by atoms with van der Waals surface area (Å²) in [5.74, 6) is 0. The van der Waals surface area contributed by atoms with E-state index in [0.717, 1.165) is 86.2 Å². The van der Waals surface area contributed by atoms with Crippen LogP contribution in [0.1, 0.15) is 64.5 Å². The zero-order valence-corrected chi connectivity index (χ0v) is 33.1. The van der Waals surface area contributed by atoms with Crippen LogP contribution < -0.4 is 4.90 Å². The highest BCUT2D eigenvalue weighted by atomic mass is 35.5. The predicted octanol–water partition coefficient (Wildman–Crippen LogP) is 10.6. The Morgan fingerprint density at radius 1 is 1.00 bits per heavy atom. The number of hydrogen-bond acceptors (Lipinski definition) is 7. The fourth-order valence-corrected chi connectivity index (χ4v) is 10.1. The van der Waals surface area contributed by atoms with Gasteiger partial charge in [0.05, 0.1) is 28.4 Å². The Morgan fingerprint density at radius 3 is 2.47 bits per heavy atom. The Labute approximate surface area is 320 Å². The molecule has 1 unspecified atom stereocenters. The summed E-state index contributed by atoms with van der Waals surface area (Å²) >= 11 is 8.04. The number of halogens is 1. The van der Waals surface area contributed by atoms with Crippen LogP contribution in [0.3, 0.4) is 0 Å². The third-order valence-electron chi connectivity index (χ3n) is 11.4. The zero-order chi connectivity index (χ0) is 37.9. The highest BCUT2D eigenvalue weighted by molar-refractivity contribution is 7.94. The van der Waals surface area contributed by atoms with Crippen molar-refractivity contribution in [3.63, 3.8) is 0 Å². The van der Waals surface area contributed by atoms with E-state index in [1.807, 2.05) is 24.3 Å². The Hall–Kier alpha value is -3.74. The van der Waals surface area contributed by atoms with Crippen molar-refractivity contribution >= 4 is 72.4 Å². The maximum absolute atomic E-state index is 11.8. The van der Waals surface area contributed by atoms with Gasteiger partial charge in [-0.1, -0.05) is 79.1 Å². The van der Waals surface area contributed by atoms with Gasteiger partial charge in [0.1, 0.15) is 7.05 Å². The molecule has 276 valence electrons. The van der Waals surface area contributed by atoms with Gasteiger partial charge in [-0.3, -0.25) is 4.55 Å². The zero-order valence-electron chi connectivity index (χ0n) is 30.7. The van der Waals surface area contributed by atoms with Crippen LogP contribution in [0, 0.1) is 0 Å². The minimum Gasteiger partial charge on any atom is -0.367 e. The highest BCUT2D eigenvalue weighted by Crippen LogP contribution is 2.49. The molecular weight excluding hydrogens is 728 g/mol. The number of rotatable bonds is 9. The molecule has 3 aliphatic rings. The molecule has 0 radical (unpaired) electrons. The van der Waals surface area contributed by atoms with Gasteiger partial charge in [-0.25, -0.2) is 9.83 Å². The van der Waals surface area contributed by atoms with Crippen molar-refractivity contribution in [1.82, 2.24) is 0 Å². The van der Waals surface area contributed by atoms with Crippen LogP contribution in [0.25, 0.3) is 21.5 Å². The molecule has 53 heavy (non-hydrogen) atoms. The third-order valence-corrected chi connectivity index (χ3v) is 13.3. The van der Waals surface area contributed by atoms with E-state index in [4.69, 9.17) is 16.9 Å². The second-order valence-corrected chi connectivity index (χ2v) is 17.7. The van der Waals surface area contributed by atoms with Gasteiger partial charge >= 0.3 is 0 Å². The summed E-state index contributed by atoms with van der Waals surface area (Å²) in [6.45, 7) is 9.00. The monoisotopic (exact) mass is 771 g/mol. The molecule has 11 heteroatoms. The van der Waals surface area contributed by atoms with Crippen LogP contribution in [-0.2, 0) is 30.3 Å². The SMILES string of the molecule is CN1c2ccc3cc(S(=O)(=O)O)ccc3c2C(C)(C)C1C=CC=C1CCCC(C=CCC2=[N+](C)c3ccc4cc(SOOO)ccc4c3C2(C)C)=C1Cl. The van der Waals surface area contributed by atoms with Crippen molar-refractivity contribution in [3.8, 4) is 0 Å². The summed E-state index contributed by atoms with van der Waals surface area (Å²) in [7, 11) is -0.0549. The highest BCUT2D eigenvalue weighted by Gasteiger charge is 2.45. The maximum Gasteiger partial charge on any atom is 0.294 e. The van der Waals surface area contributed by atoms with E-state index in [1.54, 1.807) is 6.07 Å². The first-order chi connectivity index (χ1) is 25.1. The summed E-state index contributed by atoms with van der Waals surface area (Å²) in [5, 5.41) is 17.2. The number of hydrogen-bond donors (Lipinski definition) is 2. The molecule has 8 nitrogen and oxygen atoms in total. The molecule has 2 aliphatic heterocycles. The molecule has 0 saturated carbocycles. The fraction of sp³-hybridized carbons (Fsp3) is 0.310. The molecule has 4 aromatic rings. The van der Waals surface area contributed by atoms with E-state index in [2.05, 4.69) is 109 Å². The minimum absolute atomic E-state index is 0.0627. The van der Waals surface area contributed by atoms with Crippen molar-refractivity contribution in [2.75, 3.05) is 19.0 Å². The lowest BCUT2D eigenvalue weighted by molar-refractivity contribution is -0.432. The molecule has 0 saturated heterocycles. The number of allylic oxidation sites excluding steroid dienone is 7. The van der Waals surface area contributed by atoms with Crippen LogP contribution in [0.5, 0.6) is 0 Å². The Morgan fingerprint density at radius 2 is 1.72 bits per heavy atom. The molecule has 7 rings (SSSR count). The quantitative estimate of drug-likeness (QED) is 0.0571. The van der Waals surface area contributed by atoms with Crippen molar-refractivity contribution in [3.05, 3.63) is 118 Å². The van der Waals surface area contributed by atoms with Crippen LogP contribution in [-0.4, -0.2) is 48.7 Å². The number of fused-ring (bicyclic) bond motifs is 6. The lowest BCUT2D eigenvalue weighted by Crippen LogP contribution is -2.37. The fourth-order valence-electron chi connectivity index (χ4n) is 8.82. The van der Waals surface area contributed by atoms with E-state index in [-0.39, 0.29) is 21.8 Å². The normalized spacial score (nSPS) is 20.6. The van der Waals surface area contributed by atoms with E-state index >= 15 is 0 Å². The van der Waals surface area contributed by atoms with Crippen LogP contribution in [0.4, 0.5) is 11.4 Å². The lowest BCUT2D eigenvalue weighted by atomic mass is 9.78. The molecule has 1 atom stereocenters. The average Bonchev–Trinajstić information content (AvgIpc) is 3.44. The molecule has 0 fully saturated rings. The average molecular weight is 772 g/mol. The summed E-state index contributed by atoms with van der Waals surface area (Å²) in [5.41, 5.74) is 7.89. The second-order valence-electron chi connectivity index (χ2n) is 15.2. The lowest BCUT2D eigenvalue weighted by Gasteiger charge is -2.30. The number of anilines is 1. The van der Waals surface area contributed by atoms with Gasteiger partial charge in [0.15, 0.2) is 5.71 Å². The van der Waals surface area contributed by atoms with Crippen LogP contribution in [0.15, 0.2) is 117 Å². The topological polar surface area (TPSA) is 99.3 Å². The van der Waals surface area contributed by atoms with Crippen LogP contribution in [0.2, 0.25) is 0 Å². The molecule has 4 aromatic carbocycles. The Kier molecular flexibility index (Phi) is 10.0. The summed E-state index contributed by atoms with van der Waals surface area (Å²) in [4.78, 5) is 3.00. The van der Waals surface area contributed by atoms with E-state index in [9.17, 15) is 13.0 Å². The molecule has 2 heterocycles. The molecule has 2 N–H and O–H groups in total. The molecule has 0 aromatic heterocycles. The van der Waals surface area contributed by atoms with E-state index in [0.29, 0.717) is 0 Å². The summed E-state index contributed by atoms with van der Waals surface area (Å²) in [6.07, 6.45) is 14.6. The van der Waals surface area contributed by atoms with E-state index < -0.39 is 10.1 Å². The van der Waals surface area contributed by atoms with Gasteiger partial charge < -0.3 is 4.90 Å². The number of likely N-dealkylation sites (N-methyl/N-ethyl adjacent to an activating group) is 1. The van der Waals surface area contributed by atoms with Gasteiger partial charge in [-0.15, -0.1) is 4.33 Å². The molecule has 0 spiro atoms. The predicted molar refractivity (Wildman–Crippen MR) is 215 cm³/mol. The van der Waals surface area contributed by atoms with Crippen molar-refractivity contribution in [2.24, 2.45) is 0 Å². The number of nitrogens with zero attached hydrogens (tertiary/aromatic N) is 2. The van der Waals surface area contributed by atoms with Crippen molar-refractivity contribution < 1.29 is 32.2 Å². The van der Waals surface area contributed by atoms with Crippen LogP contribution >= 0.6 is 23.6 Å². The van der Waals surface area contributed by atoms with E-state index in [1.165, 1.54) is 34.5 Å². The van der Waals surface area contributed by atoms with Gasteiger partial charge in [0.25, 0.3) is 10.1 Å². The largest absolute Gasteiger partial charge is 0.367 e. The Bertz CT molecular complexity index is 2430. The first-order valence-corrected chi connectivity index (χ1v) is 20.2. The first kappa shape index (κ1) is 37.6. The summed E-state index contributed by atoms with van der Waals surface area (Å²) in [6, 6.07) is 19.2. The standard InChI is InChI=1S/C42H43ClN2O6S2/c1-41(2)36(44(5)34-22-16-28-24-30(52-51-50-46)18-20-32(28)38(34)41)14-8-12-26-10-7-11-27(40(26)43)13-9-15-37-42(3,4)39-33-21-19-31(53(47,48)49)25-29(33)17-23-35(39)45(37)6/h8-9,12-13,15-25,37H,7,10-11,14H2,1-6H3,(H-,46,47,48,49)/p+1. The minimum atomic E-state index is -4.29. The van der Waals surface area contributed by atoms with Gasteiger partial charge in [-0.05, 0) is 108 Å².